The second-order valence-corrected chi connectivity index (χ2v) is 5.11. The van der Waals surface area contributed by atoms with Crippen molar-refractivity contribution in [3.63, 3.8) is 0 Å². The van der Waals surface area contributed by atoms with Gasteiger partial charge in [0.1, 0.15) is 23.3 Å². The molecular weight excluding hydrogens is 309 g/mol. The fourth-order valence-corrected chi connectivity index (χ4v) is 2.29. The number of pyridine rings is 1. The molecule has 0 saturated carbocycles. The van der Waals surface area contributed by atoms with Gasteiger partial charge in [-0.1, -0.05) is 22.0 Å². The maximum absolute atomic E-state index is 14.1. The van der Waals surface area contributed by atoms with Crippen LogP contribution in [0.25, 0.3) is 11.1 Å². The summed E-state index contributed by atoms with van der Waals surface area (Å²) in [4.78, 5) is 4.10. The number of hydrogen-bond acceptors (Lipinski definition) is 3. The van der Waals surface area contributed by atoms with E-state index in [1.807, 2.05) is 6.07 Å². The minimum absolute atomic E-state index is 0.128. The summed E-state index contributed by atoms with van der Waals surface area (Å²) in [5.74, 6) is -0.276. The number of halogens is 2. The third-order valence-electron chi connectivity index (χ3n) is 3.02. The minimum Gasteiger partial charge on any atom is -0.383 e. The Balaban J connectivity index is 2.85. The molecule has 1 aromatic heterocycles. The van der Waals surface area contributed by atoms with Crippen LogP contribution in [0.1, 0.15) is 16.8 Å². The van der Waals surface area contributed by atoms with Gasteiger partial charge < -0.3 is 5.73 Å². The number of aryl methyl sites for hydroxylation is 1. The van der Waals surface area contributed by atoms with Gasteiger partial charge in [0, 0.05) is 21.3 Å². The van der Waals surface area contributed by atoms with Crippen LogP contribution in [-0.2, 0) is 0 Å². The summed E-state index contributed by atoms with van der Waals surface area (Å²) in [5, 5.41) is 9.22. The van der Waals surface area contributed by atoms with Gasteiger partial charge in [-0.3, -0.25) is 0 Å². The van der Waals surface area contributed by atoms with E-state index < -0.39 is 5.82 Å². The van der Waals surface area contributed by atoms with Crippen molar-refractivity contribution in [2.75, 3.05) is 5.73 Å². The second kappa shape index (κ2) is 4.98. The zero-order valence-electron chi connectivity index (χ0n) is 10.5. The molecule has 2 aromatic rings. The van der Waals surface area contributed by atoms with E-state index in [1.165, 1.54) is 6.07 Å². The Labute approximate surface area is 119 Å². The fourth-order valence-electron chi connectivity index (χ4n) is 1.96. The predicted octanol–water partition coefficient (Wildman–Crippen LogP) is 3.72. The SMILES string of the molecule is Cc1nc(N)c(C#N)c(-c2ccc(Br)cc2F)c1C. The van der Waals surface area contributed by atoms with Gasteiger partial charge in [-0.2, -0.15) is 5.26 Å². The molecule has 0 aliphatic carbocycles. The van der Waals surface area contributed by atoms with Crippen LogP contribution in [0.2, 0.25) is 0 Å². The summed E-state index contributed by atoms with van der Waals surface area (Å²) < 4.78 is 14.7. The molecule has 0 spiro atoms. The summed E-state index contributed by atoms with van der Waals surface area (Å²) in [6.07, 6.45) is 0. The van der Waals surface area contributed by atoms with Gasteiger partial charge in [0.2, 0.25) is 0 Å². The first-order valence-corrected chi connectivity index (χ1v) is 6.37. The number of nitrogen functional groups attached to an aromatic ring is 1. The zero-order chi connectivity index (χ0) is 14.2. The Morgan fingerprint density at radius 3 is 2.63 bits per heavy atom. The molecule has 2 rings (SSSR count). The van der Waals surface area contributed by atoms with Crippen LogP contribution in [0.15, 0.2) is 22.7 Å². The van der Waals surface area contributed by atoms with E-state index in [4.69, 9.17) is 5.73 Å². The summed E-state index contributed by atoms with van der Waals surface area (Å²) in [5.41, 5.74) is 8.28. The molecule has 0 amide bonds. The lowest BCUT2D eigenvalue weighted by atomic mass is 9.95. The smallest absolute Gasteiger partial charge is 0.142 e. The highest BCUT2D eigenvalue weighted by Gasteiger charge is 2.18. The van der Waals surface area contributed by atoms with Gasteiger partial charge >= 0.3 is 0 Å². The Bertz CT molecular complexity index is 705. The van der Waals surface area contributed by atoms with Crippen LogP contribution in [0, 0.1) is 31.0 Å². The van der Waals surface area contributed by atoms with Crippen molar-refractivity contribution in [2.45, 2.75) is 13.8 Å². The number of benzene rings is 1. The van der Waals surface area contributed by atoms with E-state index in [0.717, 1.165) is 5.56 Å². The normalized spacial score (nSPS) is 10.3. The number of nitriles is 1. The highest BCUT2D eigenvalue weighted by atomic mass is 79.9. The van der Waals surface area contributed by atoms with Crippen LogP contribution in [0.5, 0.6) is 0 Å². The molecule has 0 unspecified atom stereocenters. The second-order valence-electron chi connectivity index (χ2n) is 4.19. The summed E-state index contributed by atoms with van der Waals surface area (Å²) in [6.45, 7) is 3.59. The molecule has 0 saturated heterocycles. The Hall–Kier alpha value is -1.93. The van der Waals surface area contributed by atoms with Gasteiger partial charge in [0.05, 0.1) is 0 Å². The molecule has 1 aromatic carbocycles. The number of aromatic nitrogens is 1. The highest BCUT2D eigenvalue weighted by Crippen LogP contribution is 2.34. The van der Waals surface area contributed by atoms with E-state index in [9.17, 15) is 9.65 Å². The average Bonchev–Trinajstić information content (AvgIpc) is 2.34. The largest absolute Gasteiger partial charge is 0.383 e. The van der Waals surface area contributed by atoms with E-state index >= 15 is 0 Å². The number of hydrogen-bond donors (Lipinski definition) is 1. The summed E-state index contributed by atoms with van der Waals surface area (Å²) in [7, 11) is 0. The van der Waals surface area contributed by atoms with Crippen molar-refractivity contribution < 1.29 is 4.39 Å². The molecule has 1 heterocycles. The molecule has 19 heavy (non-hydrogen) atoms. The van der Waals surface area contributed by atoms with Gasteiger partial charge in [-0.05, 0) is 31.5 Å². The van der Waals surface area contributed by atoms with Crippen LogP contribution >= 0.6 is 15.9 Å². The summed E-state index contributed by atoms with van der Waals surface area (Å²) >= 11 is 3.21. The van der Waals surface area contributed by atoms with Gasteiger partial charge in [0.25, 0.3) is 0 Å². The van der Waals surface area contributed by atoms with Crippen LogP contribution in [0.3, 0.4) is 0 Å². The van der Waals surface area contributed by atoms with E-state index in [-0.39, 0.29) is 11.4 Å². The van der Waals surface area contributed by atoms with Crippen LogP contribution in [0.4, 0.5) is 10.2 Å². The van der Waals surface area contributed by atoms with Gasteiger partial charge in [-0.15, -0.1) is 0 Å². The van der Waals surface area contributed by atoms with Crippen molar-refractivity contribution in [1.29, 1.82) is 5.26 Å². The van der Waals surface area contributed by atoms with E-state index in [1.54, 1.807) is 26.0 Å². The van der Waals surface area contributed by atoms with Crippen molar-refractivity contribution in [3.8, 4) is 17.2 Å². The molecule has 5 heteroatoms. The molecule has 0 aliphatic heterocycles. The third-order valence-corrected chi connectivity index (χ3v) is 3.52. The van der Waals surface area contributed by atoms with E-state index in [2.05, 4.69) is 20.9 Å². The number of nitrogens with zero attached hydrogens (tertiary/aromatic N) is 2. The molecular formula is C14H11BrFN3. The topological polar surface area (TPSA) is 62.7 Å². The number of nitrogens with two attached hydrogens (primary N) is 1. The van der Waals surface area contributed by atoms with Crippen molar-refractivity contribution >= 4 is 21.7 Å². The lowest BCUT2D eigenvalue weighted by molar-refractivity contribution is 0.630. The van der Waals surface area contributed by atoms with Crippen LogP contribution in [-0.4, -0.2) is 4.98 Å². The molecule has 0 bridgehead atoms. The molecule has 0 fully saturated rings. The quantitative estimate of drug-likeness (QED) is 0.871. The molecule has 0 radical (unpaired) electrons. The molecule has 0 aliphatic rings. The first-order valence-electron chi connectivity index (χ1n) is 5.58. The van der Waals surface area contributed by atoms with Crippen LogP contribution < -0.4 is 5.73 Å². The van der Waals surface area contributed by atoms with Crippen molar-refractivity contribution in [1.82, 2.24) is 4.98 Å². The first kappa shape index (κ1) is 13.5. The highest BCUT2D eigenvalue weighted by molar-refractivity contribution is 9.10. The lowest BCUT2D eigenvalue weighted by Crippen LogP contribution is -2.03. The lowest BCUT2D eigenvalue weighted by Gasteiger charge is -2.13. The predicted molar refractivity (Wildman–Crippen MR) is 75.9 cm³/mol. The standard InChI is InChI=1S/C14H11BrFN3/c1-7-8(2)19-14(18)11(6-17)13(7)10-4-3-9(15)5-12(10)16/h3-5H,1-2H3,(H2,18,19). The van der Waals surface area contributed by atoms with Gasteiger partial charge in [-0.25, -0.2) is 9.37 Å². The van der Waals surface area contributed by atoms with Gasteiger partial charge in [0.15, 0.2) is 0 Å². The molecule has 3 nitrogen and oxygen atoms in total. The third kappa shape index (κ3) is 2.32. The zero-order valence-corrected chi connectivity index (χ0v) is 12.0. The Kier molecular flexibility index (Phi) is 3.54. The summed E-state index contributed by atoms with van der Waals surface area (Å²) in [6, 6.07) is 6.72. The van der Waals surface area contributed by atoms with Crippen molar-refractivity contribution in [3.05, 3.63) is 45.3 Å². The maximum atomic E-state index is 14.1. The number of rotatable bonds is 1. The monoisotopic (exact) mass is 319 g/mol. The number of anilines is 1. The molecule has 0 atom stereocenters. The minimum atomic E-state index is -0.404. The fraction of sp³-hybridized carbons (Fsp3) is 0.143. The first-order chi connectivity index (χ1) is 8.95. The molecule has 2 N–H and O–H groups in total. The average molecular weight is 320 g/mol. The molecule has 96 valence electrons. The maximum Gasteiger partial charge on any atom is 0.142 e. The Morgan fingerprint density at radius 1 is 1.37 bits per heavy atom. The Morgan fingerprint density at radius 2 is 2.05 bits per heavy atom. The van der Waals surface area contributed by atoms with Crippen molar-refractivity contribution in [2.24, 2.45) is 0 Å². The van der Waals surface area contributed by atoms with E-state index in [0.29, 0.717) is 21.3 Å².